The first-order valence-electron chi connectivity index (χ1n) is 5.96. The van der Waals surface area contributed by atoms with Crippen LogP contribution in [-0.2, 0) is 6.42 Å². The van der Waals surface area contributed by atoms with E-state index in [0.717, 1.165) is 6.42 Å². The summed E-state index contributed by atoms with van der Waals surface area (Å²) in [6.07, 6.45) is 0.928. The highest BCUT2D eigenvalue weighted by Crippen LogP contribution is 2.13. The molecule has 0 aromatic carbocycles. The zero-order valence-electron chi connectivity index (χ0n) is 10.3. The van der Waals surface area contributed by atoms with Gasteiger partial charge in [-0.1, -0.05) is 6.07 Å². The molecule has 3 aromatic heterocycles. The van der Waals surface area contributed by atoms with Crippen LogP contribution in [0.2, 0.25) is 0 Å². The third-order valence-electron chi connectivity index (χ3n) is 2.76. The van der Waals surface area contributed by atoms with Crippen LogP contribution in [0, 0.1) is 0 Å². The Morgan fingerprint density at radius 3 is 3.16 bits per heavy atom. The number of rotatable bonds is 4. The van der Waals surface area contributed by atoms with E-state index in [0.29, 0.717) is 11.5 Å². The van der Waals surface area contributed by atoms with Crippen LogP contribution in [-0.4, -0.2) is 25.9 Å². The zero-order valence-corrected chi connectivity index (χ0v) is 11.1. The molecule has 7 heteroatoms. The third-order valence-corrected chi connectivity index (χ3v) is 3.65. The van der Waals surface area contributed by atoms with Crippen molar-refractivity contribution < 1.29 is 0 Å². The Morgan fingerprint density at radius 1 is 1.47 bits per heavy atom. The van der Waals surface area contributed by atoms with Gasteiger partial charge in [-0.15, -0.1) is 16.4 Å². The molecule has 6 nitrogen and oxygen atoms in total. The lowest BCUT2D eigenvalue weighted by atomic mass is 10.2. The van der Waals surface area contributed by atoms with E-state index in [1.165, 1.54) is 9.39 Å². The first-order valence-corrected chi connectivity index (χ1v) is 6.84. The van der Waals surface area contributed by atoms with Gasteiger partial charge in [0.15, 0.2) is 5.65 Å². The molecule has 2 N–H and O–H groups in total. The van der Waals surface area contributed by atoms with Crippen LogP contribution in [0.4, 0.5) is 5.82 Å². The standard InChI is InChI=1S/C12H13N5OS/c1-8(7-9-3-2-6-19-9)13-10-4-5-11-14-15-12(18)17(11)16-10/h2-6,8H,7H2,1H3,(H,13,16)(H,15,18). The molecule has 0 aliphatic rings. The average Bonchev–Trinajstić information content (AvgIpc) is 3.00. The zero-order chi connectivity index (χ0) is 13.2. The monoisotopic (exact) mass is 275 g/mol. The van der Waals surface area contributed by atoms with Gasteiger partial charge in [0.05, 0.1) is 0 Å². The molecule has 0 saturated heterocycles. The Morgan fingerprint density at radius 2 is 2.37 bits per heavy atom. The number of nitrogens with one attached hydrogen (secondary N) is 2. The van der Waals surface area contributed by atoms with Gasteiger partial charge < -0.3 is 5.32 Å². The van der Waals surface area contributed by atoms with E-state index in [-0.39, 0.29) is 11.7 Å². The van der Waals surface area contributed by atoms with Gasteiger partial charge in [-0.25, -0.2) is 9.89 Å². The number of nitrogens with zero attached hydrogens (tertiary/aromatic N) is 3. The van der Waals surface area contributed by atoms with E-state index in [4.69, 9.17) is 0 Å². The molecule has 3 rings (SSSR count). The number of hydrogen-bond acceptors (Lipinski definition) is 5. The molecule has 0 bridgehead atoms. The number of thiophene rings is 1. The highest BCUT2D eigenvalue weighted by Gasteiger charge is 2.07. The lowest BCUT2D eigenvalue weighted by Gasteiger charge is -2.13. The van der Waals surface area contributed by atoms with Crippen LogP contribution < -0.4 is 11.0 Å². The molecule has 0 aliphatic carbocycles. The molecule has 19 heavy (non-hydrogen) atoms. The molecule has 0 aliphatic heterocycles. The minimum Gasteiger partial charge on any atom is -0.366 e. The van der Waals surface area contributed by atoms with Crippen LogP contribution >= 0.6 is 11.3 Å². The molecule has 0 amide bonds. The van der Waals surface area contributed by atoms with Crippen molar-refractivity contribution in [1.29, 1.82) is 0 Å². The summed E-state index contributed by atoms with van der Waals surface area (Å²) >= 11 is 1.74. The van der Waals surface area contributed by atoms with Crippen LogP contribution in [0.5, 0.6) is 0 Å². The maximum absolute atomic E-state index is 11.4. The maximum Gasteiger partial charge on any atom is 0.364 e. The van der Waals surface area contributed by atoms with Crippen LogP contribution in [0.15, 0.2) is 34.4 Å². The van der Waals surface area contributed by atoms with Crippen molar-refractivity contribution in [3.63, 3.8) is 0 Å². The lowest BCUT2D eigenvalue weighted by molar-refractivity contribution is 0.778. The largest absolute Gasteiger partial charge is 0.366 e. The second kappa shape index (κ2) is 4.85. The number of aromatic amines is 1. The van der Waals surface area contributed by atoms with Crippen molar-refractivity contribution >= 4 is 22.8 Å². The molecular formula is C12H13N5OS. The highest BCUT2D eigenvalue weighted by molar-refractivity contribution is 7.09. The third kappa shape index (κ3) is 2.50. The van der Waals surface area contributed by atoms with Gasteiger partial charge in [0.2, 0.25) is 0 Å². The second-order valence-corrected chi connectivity index (χ2v) is 5.38. The highest BCUT2D eigenvalue weighted by atomic mass is 32.1. The van der Waals surface area contributed by atoms with Crippen molar-refractivity contribution in [2.75, 3.05) is 5.32 Å². The molecule has 98 valence electrons. The lowest BCUT2D eigenvalue weighted by Crippen LogP contribution is -2.20. The summed E-state index contributed by atoms with van der Waals surface area (Å²) in [6.45, 7) is 2.09. The molecule has 0 fully saturated rings. The fourth-order valence-electron chi connectivity index (χ4n) is 1.91. The van der Waals surface area contributed by atoms with Gasteiger partial charge >= 0.3 is 5.69 Å². The molecular weight excluding hydrogens is 262 g/mol. The molecule has 1 atom stereocenters. The van der Waals surface area contributed by atoms with Gasteiger partial charge in [-0.3, -0.25) is 0 Å². The topological polar surface area (TPSA) is 75.1 Å². The molecule has 0 saturated carbocycles. The SMILES string of the molecule is CC(Cc1cccs1)Nc1ccc2n[nH]c(=O)n2n1. The summed E-state index contributed by atoms with van der Waals surface area (Å²) in [4.78, 5) is 12.8. The van der Waals surface area contributed by atoms with Gasteiger partial charge in [0, 0.05) is 17.3 Å². The van der Waals surface area contributed by atoms with Crippen molar-refractivity contribution in [2.24, 2.45) is 0 Å². The Labute approximate surface area is 113 Å². The number of aromatic nitrogens is 4. The summed E-state index contributed by atoms with van der Waals surface area (Å²) in [7, 11) is 0. The van der Waals surface area contributed by atoms with Crippen LogP contribution in [0.25, 0.3) is 5.65 Å². The first-order chi connectivity index (χ1) is 9.22. The summed E-state index contributed by atoms with van der Waals surface area (Å²) in [5.74, 6) is 0.667. The number of hydrogen-bond donors (Lipinski definition) is 2. The molecule has 0 radical (unpaired) electrons. The predicted molar refractivity (Wildman–Crippen MR) is 74.7 cm³/mol. The number of H-pyrrole nitrogens is 1. The molecule has 1 unspecified atom stereocenters. The summed E-state index contributed by atoms with van der Waals surface area (Å²) in [5.41, 5.74) is 0.186. The number of anilines is 1. The Balaban J connectivity index is 1.77. The van der Waals surface area contributed by atoms with Gasteiger partial charge in [-0.2, -0.15) is 9.61 Å². The van der Waals surface area contributed by atoms with Crippen molar-refractivity contribution in [1.82, 2.24) is 19.8 Å². The van der Waals surface area contributed by atoms with Crippen molar-refractivity contribution in [2.45, 2.75) is 19.4 Å². The van der Waals surface area contributed by atoms with E-state index in [9.17, 15) is 4.79 Å². The fourth-order valence-corrected chi connectivity index (χ4v) is 2.75. The van der Waals surface area contributed by atoms with Gasteiger partial charge in [-0.05, 0) is 30.5 Å². The van der Waals surface area contributed by atoms with Crippen molar-refractivity contribution in [3.8, 4) is 0 Å². The van der Waals surface area contributed by atoms with E-state index < -0.39 is 0 Å². The molecule has 0 spiro atoms. The smallest absolute Gasteiger partial charge is 0.364 e. The quantitative estimate of drug-likeness (QED) is 0.757. The van der Waals surface area contributed by atoms with E-state index in [1.807, 2.05) is 12.1 Å². The fraction of sp³-hybridized carbons (Fsp3) is 0.250. The van der Waals surface area contributed by atoms with E-state index >= 15 is 0 Å². The molecule has 3 heterocycles. The van der Waals surface area contributed by atoms with Crippen molar-refractivity contribution in [3.05, 3.63) is 45.0 Å². The Hall–Kier alpha value is -2.15. The first kappa shape index (κ1) is 11.9. The second-order valence-electron chi connectivity index (χ2n) is 4.35. The van der Waals surface area contributed by atoms with Crippen LogP contribution in [0.3, 0.4) is 0 Å². The van der Waals surface area contributed by atoms with Gasteiger partial charge in [0.25, 0.3) is 0 Å². The minimum absolute atomic E-state index is 0.242. The Bertz CT molecular complexity index is 730. The maximum atomic E-state index is 11.4. The molecule has 3 aromatic rings. The van der Waals surface area contributed by atoms with E-state index in [1.54, 1.807) is 17.4 Å². The Kier molecular flexibility index (Phi) is 3.04. The van der Waals surface area contributed by atoms with Crippen LogP contribution in [0.1, 0.15) is 11.8 Å². The normalized spacial score (nSPS) is 12.7. The summed E-state index contributed by atoms with van der Waals surface area (Å²) in [6, 6.07) is 7.97. The number of fused-ring (bicyclic) bond motifs is 1. The summed E-state index contributed by atoms with van der Waals surface area (Å²) < 4.78 is 1.25. The average molecular weight is 275 g/mol. The summed E-state index contributed by atoms with van der Waals surface area (Å²) in [5, 5.41) is 15.8. The van der Waals surface area contributed by atoms with E-state index in [2.05, 4.69) is 39.0 Å². The predicted octanol–water partition coefficient (Wildman–Crippen LogP) is 1.52. The van der Waals surface area contributed by atoms with Gasteiger partial charge in [0.1, 0.15) is 5.82 Å². The minimum atomic E-state index is -0.329.